The second-order valence-electron chi connectivity index (χ2n) is 6.09. The van der Waals surface area contributed by atoms with Crippen LogP contribution in [-0.2, 0) is 0 Å². The van der Waals surface area contributed by atoms with Crippen LogP contribution in [0.4, 0.5) is 11.5 Å². The summed E-state index contributed by atoms with van der Waals surface area (Å²) in [5, 5.41) is 12.2. The molecule has 3 rings (SSSR count). The molecule has 0 aliphatic rings. The molecule has 25 heavy (non-hydrogen) atoms. The van der Waals surface area contributed by atoms with E-state index in [9.17, 15) is 0 Å². The Morgan fingerprint density at radius 2 is 2.08 bits per heavy atom. The molecule has 0 spiro atoms. The van der Waals surface area contributed by atoms with Crippen molar-refractivity contribution < 1.29 is 0 Å². The smallest absolute Gasteiger partial charge is 0.183 e. The number of nitrogens with zero attached hydrogens (tertiary/aromatic N) is 3. The predicted octanol–water partition coefficient (Wildman–Crippen LogP) is 4.75. The third kappa shape index (κ3) is 3.83. The van der Waals surface area contributed by atoms with E-state index in [2.05, 4.69) is 27.1 Å². The zero-order valence-electron chi connectivity index (χ0n) is 14.5. The minimum Gasteiger partial charge on any atom is -0.383 e. The van der Waals surface area contributed by atoms with Gasteiger partial charge in [0.2, 0.25) is 0 Å². The van der Waals surface area contributed by atoms with E-state index in [1.807, 2.05) is 62.5 Å². The van der Waals surface area contributed by atoms with Gasteiger partial charge >= 0.3 is 0 Å². The highest BCUT2D eigenvalue weighted by Crippen LogP contribution is 2.28. The van der Waals surface area contributed by atoms with Crippen LogP contribution >= 0.6 is 11.6 Å². The summed E-state index contributed by atoms with van der Waals surface area (Å²) in [5.41, 5.74) is 4.60. The van der Waals surface area contributed by atoms with Crippen LogP contribution in [0.15, 0.2) is 49.3 Å². The van der Waals surface area contributed by atoms with Crippen molar-refractivity contribution in [2.75, 3.05) is 19.4 Å². The largest absolute Gasteiger partial charge is 0.383 e. The maximum Gasteiger partial charge on any atom is 0.183 e. The van der Waals surface area contributed by atoms with Gasteiger partial charge in [0.05, 0.1) is 5.39 Å². The minimum atomic E-state index is 0.651. The first kappa shape index (κ1) is 17.0. The molecular formula is C19H20ClN5. The first-order valence-corrected chi connectivity index (χ1v) is 8.23. The molecule has 0 aliphatic heterocycles. The van der Waals surface area contributed by atoms with Crippen LogP contribution in [0.2, 0.25) is 5.02 Å². The Morgan fingerprint density at radius 3 is 2.76 bits per heavy atom. The Labute approximate surface area is 152 Å². The molecule has 0 saturated heterocycles. The highest BCUT2D eigenvalue weighted by molar-refractivity contribution is 6.31. The lowest BCUT2D eigenvalue weighted by atomic mass is 10.1. The van der Waals surface area contributed by atoms with E-state index in [0.29, 0.717) is 10.7 Å². The molecular weight excluding hydrogens is 334 g/mol. The number of nitrogens with one attached hydrogen (secondary N) is 2. The number of hydrogen-bond donors (Lipinski definition) is 2. The molecule has 6 heteroatoms. The van der Waals surface area contributed by atoms with Crippen LogP contribution in [0.5, 0.6) is 0 Å². The number of halogens is 1. The van der Waals surface area contributed by atoms with Gasteiger partial charge in [-0.15, -0.1) is 0 Å². The van der Waals surface area contributed by atoms with Crippen LogP contribution in [0, 0.1) is 6.92 Å². The summed E-state index contributed by atoms with van der Waals surface area (Å²) < 4.78 is 0. The fourth-order valence-corrected chi connectivity index (χ4v) is 2.92. The number of pyridine rings is 1. The standard InChI is InChI=1S/C19H20ClN5/c1-5-13(11-25(3)4)14-8-17-18(21-10-14)23-24-19(17)22-16-7-12(2)6-15(20)9-16/h5-11H,1H2,2-4H3,(H2,21,22,23,24)/b13-11+. The third-order valence-electron chi connectivity index (χ3n) is 3.67. The summed E-state index contributed by atoms with van der Waals surface area (Å²) in [6, 6.07) is 7.86. The molecule has 2 N–H and O–H groups in total. The Morgan fingerprint density at radius 1 is 1.28 bits per heavy atom. The second kappa shape index (κ2) is 6.99. The zero-order valence-corrected chi connectivity index (χ0v) is 15.2. The average Bonchev–Trinajstić information content (AvgIpc) is 2.93. The molecule has 0 fully saturated rings. The molecule has 0 unspecified atom stereocenters. The summed E-state index contributed by atoms with van der Waals surface area (Å²) in [4.78, 5) is 6.42. The van der Waals surface area contributed by atoms with E-state index in [1.165, 1.54) is 0 Å². The number of fused-ring (bicyclic) bond motifs is 1. The third-order valence-corrected chi connectivity index (χ3v) is 3.89. The van der Waals surface area contributed by atoms with Gasteiger partial charge in [0, 0.05) is 42.8 Å². The molecule has 0 saturated carbocycles. The van der Waals surface area contributed by atoms with Crippen molar-refractivity contribution in [1.29, 1.82) is 0 Å². The summed E-state index contributed by atoms with van der Waals surface area (Å²) in [5.74, 6) is 0.777. The maximum atomic E-state index is 6.14. The van der Waals surface area contributed by atoms with Crippen molar-refractivity contribution >= 4 is 39.7 Å². The number of rotatable bonds is 5. The molecule has 2 aromatic heterocycles. The van der Waals surface area contributed by atoms with Crippen LogP contribution in [0.25, 0.3) is 16.6 Å². The van der Waals surface area contributed by atoms with Gasteiger partial charge in [0.15, 0.2) is 5.65 Å². The van der Waals surface area contributed by atoms with E-state index in [0.717, 1.165) is 33.6 Å². The lowest BCUT2D eigenvalue weighted by molar-refractivity contribution is 0.566. The van der Waals surface area contributed by atoms with Gasteiger partial charge in [0.1, 0.15) is 5.82 Å². The summed E-state index contributed by atoms with van der Waals surface area (Å²) in [7, 11) is 3.95. The molecule has 128 valence electrons. The molecule has 1 aromatic carbocycles. The van der Waals surface area contributed by atoms with Gasteiger partial charge in [-0.1, -0.05) is 24.3 Å². The van der Waals surface area contributed by atoms with E-state index >= 15 is 0 Å². The van der Waals surface area contributed by atoms with Crippen molar-refractivity contribution in [3.05, 3.63) is 65.5 Å². The number of anilines is 2. The highest BCUT2D eigenvalue weighted by Gasteiger charge is 2.10. The molecule has 0 atom stereocenters. The van der Waals surface area contributed by atoms with Crippen molar-refractivity contribution in [3.8, 4) is 0 Å². The lowest BCUT2D eigenvalue weighted by Gasteiger charge is -2.09. The van der Waals surface area contributed by atoms with Crippen molar-refractivity contribution in [1.82, 2.24) is 20.1 Å². The number of aromatic amines is 1. The molecule has 0 bridgehead atoms. The summed E-state index contributed by atoms with van der Waals surface area (Å²) in [6.07, 6.45) is 5.62. The molecule has 0 aliphatic carbocycles. The van der Waals surface area contributed by atoms with Gasteiger partial charge in [-0.05, 0) is 42.3 Å². The number of allylic oxidation sites excluding steroid dienone is 2. The molecule has 3 aromatic rings. The Balaban J connectivity index is 2.02. The van der Waals surface area contributed by atoms with E-state index < -0.39 is 0 Å². The number of aryl methyl sites for hydroxylation is 1. The number of hydrogen-bond acceptors (Lipinski definition) is 4. The predicted molar refractivity (Wildman–Crippen MR) is 105 cm³/mol. The summed E-state index contributed by atoms with van der Waals surface area (Å²) in [6.45, 7) is 5.90. The quantitative estimate of drug-likeness (QED) is 0.650. The van der Waals surface area contributed by atoms with Gasteiger partial charge in [0.25, 0.3) is 0 Å². The van der Waals surface area contributed by atoms with Crippen LogP contribution in [-0.4, -0.2) is 34.2 Å². The van der Waals surface area contributed by atoms with Gasteiger partial charge in [-0.2, -0.15) is 5.10 Å². The normalized spacial score (nSPS) is 11.6. The van der Waals surface area contributed by atoms with E-state index in [4.69, 9.17) is 11.6 Å². The second-order valence-corrected chi connectivity index (χ2v) is 6.52. The average molecular weight is 354 g/mol. The number of aromatic nitrogens is 3. The first-order chi connectivity index (χ1) is 12.0. The van der Waals surface area contributed by atoms with Crippen LogP contribution in [0.3, 0.4) is 0 Å². The van der Waals surface area contributed by atoms with Crippen molar-refractivity contribution in [2.24, 2.45) is 0 Å². The van der Waals surface area contributed by atoms with Gasteiger partial charge in [-0.25, -0.2) is 4.98 Å². The van der Waals surface area contributed by atoms with E-state index in [-0.39, 0.29) is 0 Å². The van der Waals surface area contributed by atoms with Crippen molar-refractivity contribution in [2.45, 2.75) is 6.92 Å². The maximum absolute atomic E-state index is 6.14. The fourth-order valence-electron chi connectivity index (χ4n) is 2.63. The Kier molecular flexibility index (Phi) is 4.76. The van der Waals surface area contributed by atoms with Crippen LogP contribution in [0.1, 0.15) is 11.1 Å². The number of benzene rings is 1. The molecule has 0 amide bonds. The van der Waals surface area contributed by atoms with Gasteiger partial charge in [-0.3, -0.25) is 5.10 Å². The fraction of sp³-hybridized carbons (Fsp3) is 0.158. The zero-order chi connectivity index (χ0) is 18.0. The molecule has 2 heterocycles. The minimum absolute atomic E-state index is 0.651. The lowest BCUT2D eigenvalue weighted by Crippen LogP contribution is -2.02. The van der Waals surface area contributed by atoms with Gasteiger partial charge < -0.3 is 10.2 Å². The number of H-pyrrole nitrogens is 1. The monoisotopic (exact) mass is 353 g/mol. The Hall–Kier alpha value is -2.79. The molecule has 0 radical (unpaired) electrons. The highest BCUT2D eigenvalue weighted by atomic mass is 35.5. The Bertz CT molecular complexity index is 935. The van der Waals surface area contributed by atoms with Crippen LogP contribution < -0.4 is 5.32 Å². The topological polar surface area (TPSA) is 56.8 Å². The van der Waals surface area contributed by atoms with Crippen molar-refractivity contribution in [3.63, 3.8) is 0 Å². The molecule has 5 nitrogen and oxygen atoms in total. The SMILES string of the molecule is C=C/C(=C\N(C)C)c1cnc2n[nH]c(Nc3cc(C)cc(Cl)c3)c2c1. The summed E-state index contributed by atoms with van der Waals surface area (Å²) >= 11 is 6.14. The van der Waals surface area contributed by atoms with E-state index in [1.54, 1.807) is 6.20 Å². The first-order valence-electron chi connectivity index (χ1n) is 7.85.